The first-order chi connectivity index (χ1) is 11.7. The van der Waals surface area contributed by atoms with Crippen molar-refractivity contribution in [1.29, 1.82) is 0 Å². The molecule has 0 bridgehead atoms. The molecule has 24 heavy (non-hydrogen) atoms. The largest absolute Gasteiger partial charge is 0.493 e. The molecule has 0 aliphatic carbocycles. The van der Waals surface area contributed by atoms with Gasteiger partial charge in [-0.15, -0.1) is 0 Å². The van der Waals surface area contributed by atoms with E-state index in [1.54, 1.807) is 14.2 Å². The number of guanidine groups is 1. The number of hydrogen-bond acceptors (Lipinski definition) is 4. The topological polar surface area (TPSA) is 78.1 Å². The molecule has 0 aromatic heterocycles. The Morgan fingerprint density at radius 2 is 1.79 bits per heavy atom. The summed E-state index contributed by atoms with van der Waals surface area (Å²) in [6.45, 7) is 1.55. The van der Waals surface area contributed by atoms with Crippen molar-refractivity contribution in [1.82, 2.24) is 5.32 Å². The molecule has 2 aromatic carbocycles. The van der Waals surface area contributed by atoms with E-state index in [0.29, 0.717) is 37.2 Å². The summed E-state index contributed by atoms with van der Waals surface area (Å²) in [4.78, 5) is 4.30. The number of nitrogens with zero attached hydrogens (tertiary/aromatic N) is 1. The van der Waals surface area contributed by atoms with Gasteiger partial charge in [-0.1, -0.05) is 24.3 Å². The van der Waals surface area contributed by atoms with E-state index in [1.165, 1.54) is 0 Å². The Morgan fingerprint density at radius 3 is 2.50 bits per heavy atom. The average Bonchev–Trinajstić information content (AvgIpc) is 2.64. The Morgan fingerprint density at radius 1 is 1.04 bits per heavy atom. The van der Waals surface area contributed by atoms with Gasteiger partial charge in [-0.05, 0) is 29.8 Å². The van der Waals surface area contributed by atoms with Crippen LogP contribution in [0.3, 0.4) is 0 Å². The fourth-order valence-corrected chi connectivity index (χ4v) is 2.08. The highest BCUT2D eigenvalue weighted by atomic mass is 16.5. The first kappa shape index (κ1) is 17.5. The molecule has 0 fully saturated rings. The van der Waals surface area contributed by atoms with Crippen LogP contribution in [0.4, 0.5) is 0 Å². The fraction of sp³-hybridized carbons (Fsp3) is 0.278. The summed E-state index contributed by atoms with van der Waals surface area (Å²) >= 11 is 0. The van der Waals surface area contributed by atoms with Crippen LogP contribution in [-0.4, -0.2) is 33.3 Å². The summed E-state index contributed by atoms with van der Waals surface area (Å²) < 4.78 is 16.0. The monoisotopic (exact) mass is 329 g/mol. The smallest absolute Gasteiger partial charge is 0.189 e. The molecule has 0 aliphatic heterocycles. The van der Waals surface area contributed by atoms with Gasteiger partial charge in [0.15, 0.2) is 17.5 Å². The Kier molecular flexibility index (Phi) is 6.76. The molecule has 0 saturated carbocycles. The van der Waals surface area contributed by atoms with Gasteiger partial charge in [-0.3, -0.25) is 0 Å². The van der Waals surface area contributed by atoms with E-state index in [9.17, 15) is 0 Å². The highest BCUT2D eigenvalue weighted by molar-refractivity contribution is 5.77. The maximum Gasteiger partial charge on any atom is 0.189 e. The van der Waals surface area contributed by atoms with Crippen molar-refractivity contribution in [2.24, 2.45) is 10.7 Å². The Balaban J connectivity index is 1.77. The molecule has 0 unspecified atom stereocenters. The van der Waals surface area contributed by atoms with Gasteiger partial charge in [0, 0.05) is 0 Å². The van der Waals surface area contributed by atoms with Crippen LogP contribution in [0.1, 0.15) is 5.56 Å². The van der Waals surface area contributed by atoms with Crippen molar-refractivity contribution in [3.8, 4) is 17.2 Å². The predicted octanol–water partition coefficient (Wildman–Crippen LogP) is 2.19. The van der Waals surface area contributed by atoms with Crippen LogP contribution >= 0.6 is 0 Å². The van der Waals surface area contributed by atoms with Crippen LogP contribution in [0.25, 0.3) is 0 Å². The number of ether oxygens (including phenoxy) is 3. The van der Waals surface area contributed by atoms with E-state index in [2.05, 4.69) is 10.3 Å². The molecule has 0 saturated heterocycles. The van der Waals surface area contributed by atoms with E-state index in [0.717, 1.165) is 11.3 Å². The number of hydrogen-bond donors (Lipinski definition) is 2. The Labute approximate surface area is 142 Å². The molecule has 2 aromatic rings. The van der Waals surface area contributed by atoms with Gasteiger partial charge in [0.25, 0.3) is 0 Å². The van der Waals surface area contributed by atoms with Crippen LogP contribution in [0.5, 0.6) is 17.2 Å². The summed E-state index contributed by atoms with van der Waals surface area (Å²) in [6.07, 6.45) is 0. The predicted molar refractivity (Wildman–Crippen MR) is 94.8 cm³/mol. The van der Waals surface area contributed by atoms with Gasteiger partial charge in [0.2, 0.25) is 0 Å². The SMILES string of the molecule is COc1ccc(CN=C(N)NCCOc2ccccc2)cc1OC. The maximum atomic E-state index is 5.86. The highest BCUT2D eigenvalue weighted by Gasteiger charge is 2.04. The van der Waals surface area contributed by atoms with E-state index >= 15 is 0 Å². The minimum absolute atomic E-state index is 0.376. The molecule has 0 radical (unpaired) electrons. The van der Waals surface area contributed by atoms with Gasteiger partial charge < -0.3 is 25.3 Å². The van der Waals surface area contributed by atoms with Gasteiger partial charge >= 0.3 is 0 Å². The average molecular weight is 329 g/mol. The third-order valence-electron chi connectivity index (χ3n) is 3.30. The number of nitrogens with one attached hydrogen (secondary N) is 1. The molecule has 0 aliphatic rings. The van der Waals surface area contributed by atoms with Crippen molar-refractivity contribution in [2.75, 3.05) is 27.4 Å². The second kappa shape index (κ2) is 9.29. The van der Waals surface area contributed by atoms with Gasteiger partial charge in [-0.25, -0.2) is 4.99 Å². The standard InChI is InChI=1S/C18H23N3O3/c1-22-16-9-8-14(12-17(16)23-2)13-21-18(19)20-10-11-24-15-6-4-3-5-7-15/h3-9,12H,10-11,13H2,1-2H3,(H3,19,20,21). The summed E-state index contributed by atoms with van der Waals surface area (Å²) in [5, 5.41) is 3.02. The Hall–Kier alpha value is -2.89. The van der Waals surface area contributed by atoms with Crippen LogP contribution in [0, 0.1) is 0 Å². The molecule has 6 heteroatoms. The first-order valence-corrected chi connectivity index (χ1v) is 7.65. The molecule has 2 rings (SSSR count). The number of nitrogens with two attached hydrogens (primary N) is 1. The maximum absolute atomic E-state index is 5.86. The zero-order valence-electron chi connectivity index (χ0n) is 14.0. The van der Waals surface area contributed by atoms with E-state index in [4.69, 9.17) is 19.9 Å². The zero-order valence-corrected chi connectivity index (χ0v) is 14.0. The quantitative estimate of drug-likeness (QED) is 0.441. The summed E-state index contributed by atoms with van der Waals surface area (Å²) in [6, 6.07) is 15.3. The molecule has 6 nitrogen and oxygen atoms in total. The molecular formula is C18H23N3O3. The van der Waals surface area contributed by atoms with E-state index in [-0.39, 0.29) is 0 Å². The van der Waals surface area contributed by atoms with Crippen molar-refractivity contribution in [2.45, 2.75) is 6.54 Å². The first-order valence-electron chi connectivity index (χ1n) is 7.65. The lowest BCUT2D eigenvalue weighted by Gasteiger charge is -2.09. The minimum Gasteiger partial charge on any atom is -0.493 e. The molecule has 0 amide bonds. The van der Waals surface area contributed by atoms with Crippen molar-refractivity contribution >= 4 is 5.96 Å². The van der Waals surface area contributed by atoms with Crippen molar-refractivity contribution < 1.29 is 14.2 Å². The lowest BCUT2D eigenvalue weighted by atomic mass is 10.2. The summed E-state index contributed by atoms with van der Waals surface area (Å²) in [5.41, 5.74) is 6.84. The molecule has 0 heterocycles. The minimum atomic E-state index is 0.376. The summed E-state index contributed by atoms with van der Waals surface area (Å²) in [7, 11) is 3.21. The molecule has 0 spiro atoms. The number of benzene rings is 2. The number of methoxy groups -OCH3 is 2. The molecule has 3 N–H and O–H groups in total. The number of aliphatic imine (C=N–C) groups is 1. The van der Waals surface area contributed by atoms with Crippen LogP contribution in [0.2, 0.25) is 0 Å². The van der Waals surface area contributed by atoms with E-state index < -0.39 is 0 Å². The number of rotatable bonds is 8. The second-order valence-corrected chi connectivity index (χ2v) is 4.98. The third kappa shape index (κ3) is 5.39. The van der Waals surface area contributed by atoms with E-state index in [1.807, 2.05) is 48.5 Å². The second-order valence-electron chi connectivity index (χ2n) is 4.98. The molecule has 0 atom stereocenters. The van der Waals surface area contributed by atoms with Gasteiger partial charge in [0.05, 0.1) is 27.3 Å². The fourth-order valence-electron chi connectivity index (χ4n) is 2.08. The third-order valence-corrected chi connectivity index (χ3v) is 3.30. The van der Waals surface area contributed by atoms with Gasteiger partial charge in [0.1, 0.15) is 12.4 Å². The van der Waals surface area contributed by atoms with Crippen LogP contribution in [0.15, 0.2) is 53.5 Å². The lowest BCUT2D eigenvalue weighted by molar-refractivity contribution is 0.322. The molecular weight excluding hydrogens is 306 g/mol. The lowest BCUT2D eigenvalue weighted by Crippen LogP contribution is -2.34. The summed E-state index contributed by atoms with van der Waals surface area (Å²) in [5.74, 6) is 2.57. The molecule has 128 valence electrons. The van der Waals surface area contributed by atoms with Crippen LogP contribution in [-0.2, 0) is 6.54 Å². The Bertz CT molecular complexity index is 660. The van der Waals surface area contributed by atoms with Crippen molar-refractivity contribution in [3.05, 3.63) is 54.1 Å². The van der Waals surface area contributed by atoms with Crippen LogP contribution < -0.4 is 25.3 Å². The normalized spacial score (nSPS) is 11.0. The zero-order chi connectivity index (χ0) is 17.2. The van der Waals surface area contributed by atoms with Gasteiger partial charge in [-0.2, -0.15) is 0 Å². The highest BCUT2D eigenvalue weighted by Crippen LogP contribution is 2.27. The number of para-hydroxylation sites is 1. The van der Waals surface area contributed by atoms with Crippen molar-refractivity contribution in [3.63, 3.8) is 0 Å².